The fourth-order valence-corrected chi connectivity index (χ4v) is 5.24. The summed E-state index contributed by atoms with van der Waals surface area (Å²) in [7, 11) is 13.8. The number of nitrogens with zero attached hydrogens (tertiary/aromatic N) is 6. The number of methoxy groups -OCH3 is 4. The summed E-state index contributed by atoms with van der Waals surface area (Å²) in [5, 5.41) is 23.5. The second-order valence-electron chi connectivity index (χ2n) is 10.6. The first kappa shape index (κ1) is 31.3. The number of benzene rings is 1. The fourth-order valence-electron chi connectivity index (χ4n) is 5.24. The maximum atomic E-state index is 13.2. The van der Waals surface area contributed by atoms with Crippen LogP contribution in [0.4, 0.5) is 5.82 Å². The molecule has 11 heteroatoms. The number of pyridine rings is 3. The predicted molar refractivity (Wildman–Crippen MR) is 164 cm³/mol. The van der Waals surface area contributed by atoms with Crippen molar-refractivity contribution in [3.05, 3.63) is 70.9 Å². The van der Waals surface area contributed by atoms with Gasteiger partial charge in [0.05, 0.1) is 51.5 Å². The van der Waals surface area contributed by atoms with Gasteiger partial charge in [0, 0.05) is 49.4 Å². The molecule has 1 N–H and O–H groups in total. The number of nitriles is 1. The van der Waals surface area contributed by atoms with Crippen LogP contribution in [0.3, 0.4) is 0 Å². The van der Waals surface area contributed by atoms with Crippen molar-refractivity contribution in [2.45, 2.75) is 17.9 Å². The fraction of sp³-hybridized carbons (Fsp3) is 0.375. The quantitative estimate of drug-likeness (QED) is 0.259. The number of hydrogen-bond donors (Lipinski definition) is 1. The molecule has 0 aliphatic heterocycles. The van der Waals surface area contributed by atoms with Crippen LogP contribution in [0, 0.1) is 11.3 Å². The third-order valence-electron chi connectivity index (χ3n) is 7.42. The van der Waals surface area contributed by atoms with E-state index in [0.29, 0.717) is 57.6 Å². The van der Waals surface area contributed by atoms with Crippen molar-refractivity contribution in [1.82, 2.24) is 19.9 Å². The molecular weight excluding hydrogens is 548 g/mol. The summed E-state index contributed by atoms with van der Waals surface area (Å²) in [6.45, 7) is 0.529. The average molecular weight is 587 g/mol. The van der Waals surface area contributed by atoms with Crippen LogP contribution in [0.1, 0.15) is 34.6 Å². The van der Waals surface area contributed by atoms with Crippen LogP contribution < -0.4 is 23.8 Å². The Kier molecular flexibility index (Phi) is 9.53. The molecule has 226 valence electrons. The molecular formula is C32H38N6O5. The average Bonchev–Trinajstić information content (AvgIpc) is 3.02. The molecule has 0 amide bonds. The molecule has 0 saturated carbocycles. The summed E-state index contributed by atoms with van der Waals surface area (Å²) in [5.74, 6) is 1.08. The molecule has 43 heavy (non-hydrogen) atoms. The normalized spacial score (nSPS) is 13.2. The van der Waals surface area contributed by atoms with Gasteiger partial charge in [0.15, 0.2) is 5.75 Å². The number of hydrogen-bond acceptors (Lipinski definition) is 11. The predicted octanol–water partition coefficient (Wildman–Crippen LogP) is 3.97. The van der Waals surface area contributed by atoms with E-state index < -0.39 is 11.5 Å². The van der Waals surface area contributed by atoms with Gasteiger partial charge >= 0.3 is 0 Å². The van der Waals surface area contributed by atoms with Crippen LogP contribution in [-0.4, -0.2) is 88.1 Å². The van der Waals surface area contributed by atoms with Gasteiger partial charge in [-0.15, -0.1) is 0 Å². The topological polar surface area (TPSA) is 126 Å². The molecule has 11 nitrogen and oxygen atoms in total. The third kappa shape index (κ3) is 6.26. The molecule has 0 fully saturated rings. The SMILES string of the molecule is COc1cc(C(O)(CCN(C)C)C(c2cc3cc(C#N)ccc3nc2OC)c2ccnc(OC)c2OC)cc(N(C)C)n1. The first-order valence-electron chi connectivity index (χ1n) is 13.7. The Morgan fingerprint density at radius 3 is 2.23 bits per heavy atom. The number of fused-ring (bicyclic) bond motifs is 1. The molecule has 0 radical (unpaired) electrons. The largest absolute Gasteiger partial charge is 0.491 e. The van der Waals surface area contributed by atoms with Gasteiger partial charge in [0.2, 0.25) is 11.8 Å². The van der Waals surface area contributed by atoms with E-state index >= 15 is 0 Å². The minimum atomic E-state index is -1.60. The second-order valence-corrected chi connectivity index (χ2v) is 10.6. The van der Waals surface area contributed by atoms with Gasteiger partial charge in [-0.05, 0) is 62.5 Å². The van der Waals surface area contributed by atoms with Gasteiger partial charge in [-0.3, -0.25) is 0 Å². The van der Waals surface area contributed by atoms with Crippen LogP contribution in [-0.2, 0) is 5.60 Å². The Morgan fingerprint density at radius 2 is 1.63 bits per heavy atom. The summed E-state index contributed by atoms with van der Waals surface area (Å²) in [6, 6.07) is 14.8. The summed E-state index contributed by atoms with van der Waals surface area (Å²) < 4.78 is 22.9. The Hall–Kier alpha value is -4.66. The number of anilines is 1. The molecule has 2 unspecified atom stereocenters. The van der Waals surface area contributed by atoms with Crippen LogP contribution in [0.5, 0.6) is 23.4 Å². The van der Waals surface area contributed by atoms with E-state index in [9.17, 15) is 10.4 Å². The van der Waals surface area contributed by atoms with Gasteiger partial charge in [-0.2, -0.15) is 10.2 Å². The summed E-state index contributed by atoms with van der Waals surface area (Å²) in [4.78, 5) is 17.6. The number of rotatable bonds is 12. The van der Waals surface area contributed by atoms with Crippen LogP contribution in [0.25, 0.3) is 10.9 Å². The molecule has 3 aromatic heterocycles. The lowest BCUT2D eigenvalue weighted by Gasteiger charge is -2.39. The zero-order chi connectivity index (χ0) is 31.3. The summed E-state index contributed by atoms with van der Waals surface area (Å²) >= 11 is 0. The highest BCUT2D eigenvalue weighted by atomic mass is 16.5. The highest BCUT2D eigenvalue weighted by Crippen LogP contribution is 2.51. The highest BCUT2D eigenvalue weighted by Gasteiger charge is 2.45. The minimum Gasteiger partial charge on any atom is -0.491 e. The van der Waals surface area contributed by atoms with Crippen LogP contribution >= 0.6 is 0 Å². The van der Waals surface area contributed by atoms with Crippen molar-refractivity contribution in [2.75, 3.05) is 68.1 Å². The Labute approximate surface area is 252 Å². The van der Waals surface area contributed by atoms with Crippen molar-refractivity contribution in [3.8, 4) is 29.5 Å². The summed E-state index contributed by atoms with van der Waals surface area (Å²) in [5.41, 5.74) is 1.30. The third-order valence-corrected chi connectivity index (χ3v) is 7.42. The smallest absolute Gasteiger partial charge is 0.257 e. The molecule has 1 aromatic carbocycles. The van der Waals surface area contributed by atoms with Gasteiger partial charge in [-0.1, -0.05) is 0 Å². The molecule has 4 aromatic rings. The lowest BCUT2D eigenvalue weighted by atomic mass is 9.71. The van der Waals surface area contributed by atoms with E-state index in [1.807, 2.05) is 50.1 Å². The molecule has 4 rings (SSSR count). The number of aliphatic hydroxyl groups is 1. The molecule has 0 saturated heterocycles. The van der Waals surface area contributed by atoms with E-state index in [2.05, 4.69) is 16.0 Å². The first-order valence-corrected chi connectivity index (χ1v) is 13.7. The molecule has 0 aliphatic carbocycles. The van der Waals surface area contributed by atoms with Gasteiger partial charge in [0.25, 0.3) is 5.88 Å². The maximum absolute atomic E-state index is 13.2. The standard InChI is InChI=1S/C32H38N6O5/c1-37(2)14-12-32(39,22-17-26(38(3)4)36-27(18-22)40-5)28(23-11-13-34-31(43-8)29(23)41-6)24-16-21-15-20(19-33)9-10-25(21)35-30(24)42-7/h9-11,13,15-18,28,39H,12,14H2,1-8H3. The van der Waals surface area contributed by atoms with Gasteiger partial charge < -0.3 is 33.9 Å². The van der Waals surface area contributed by atoms with E-state index in [1.54, 1.807) is 50.7 Å². The van der Waals surface area contributed by atoms with Gasteiger partial charge in [-0.25, -0.2) is 9.97 Å². The minimum absolute atomic E-state index is 0.265. The van der Waals surface area contributed by atoms with E-state index in [-0.39, 0.29) is 12.3 Å². The molecule has 0 bridgehead atoms. The molecule has 3 heterocycles. The zero-order valence-electron chi connectivity index (χ0n) is 25.9. The van der Waals surface area contributed by atoms with Gasteiger partial charge in [0.1, 0.15) is 11.4 Å². The van der Waals surface area contributed by atoms with Crippen molar-refractivity contribution >= 4 is 16.7 Å². The van der Waals surface area contributed by atoms with Crippen LogP contribution in [0.15, 0.2) is 48.7 Å². The van der Waals surface area contributed by atoms with E-state index in [4.69, 9.17) is 23.9 Å². The van der Waals surface area contributed by atoms with Crippen molar-refractivity contribution < 1.29 is 24.1 Å². The lowest BCUT2D eigenvalue weighted by molar-refractivity contribution is 0.00289. The van der Waals surface area contributed by atoms with E-state index in [0.717, 1.165) is 5.39 Å². The van der Waals surface area contributed by atoms with E-state index in [1.165, 1.54) is 14.2 Å². The number of aromatic nitrogens is 3. The van der Waals surface area contributed by atoms with Crippen LogP contribution in [0.2, 0.25) is 0 Å². The molecule has 0 spiro atoms. The molecule has 0 aliphatic rings. The van der Waals surface area contributed by atoms with Crippen molar-refractivity contribution in [1.29, 1.82) is 5.26 Å². The van der Waals surface area contributed by atoms with Crippen molar-refractivity contribution in [3.63, 3.8) is 0 Å². The number of ether oxygens (including phenoxy) is 4. The Bertz CT molecular complexity index is 1640. The highest BCUT2D eigenvalue weighted by molar-refractivity contribution is 5.82. The lowest BCUT2D eigenvalue weighted by Crippen LogP contribution is -2.38. The monoisotopic (exact) mass is 586 g/mol. The summed E-state index contributed by atoms with van der Waals surface area (Å²) in [6.07, 6.45) is 1.90. The Balaban J connectivity index is 2.17. The van der Waals surface area contributed by atoms with Crippen molar-refractivity contribution in [2.24, 2.45) is 0 Å². The zero-order valence-corrected chi connectivity index (χ0v) is 25.9. The first-order chi connectivity index (χ1) is 20.6. The maximum Gasteiger partial charge on any atom is 0.257 e. The second kappa shape index (κ2) is 13.1. The Morgan fingerprint density at radius 1 is 0.884 bits per heavy atom. The molecule has 2 atom stereocenters.